The van der Waals surface area contributed by atoms with Crippen LogP contribution in [0.4, 0.5) is 14.5 Å². The smallest absolute Gasteiger partial charge is 0.350 e. The second-order valence-corrected chi connectivity index (χ2v) is 9.78. The van der Waals surface area contributed by atoms with Gasteiger partial charge in [-0.15, -0.1) is 0 Å². The Kier molecular flexibility index (Phi) is 7.68. The predicted molar refractivity (Wildman–Crippen MR) is 128 cm³/mol. The van der Waals surface area contributed by atoms with E-state index < -0.39 is 46.8 Å². The molecule has 3 amide bonds. The molecule has 11 heteroatoms. The molecule has 36 heavy (non-hydrogen) atoms. The summed E-state index contributed by atoms with van der Waals surface area (Å²) in [5.74, 6) is -7.79. The number of esters is 1. The molecular weight excluding hydrogens is 496 g/mol. The highest BCUT2D eigenvalue weighted by Crippen LogP contribution is 2.38. The fraction of sp³-hybridized carbons (Fsp3) is 0.360. The van der Waals surface area contributed by atoms with Crippen LogP contribution in [0.1, 0.15) is 55.1 Å². The van der Waals surface area contributed by atoms with Crippen LogP contribution in [-0.2, 0) is 31.6 Å². The van der Waals surface area contributed by atoms with Crippen molar-refractivity contribution < 1.29 is 32.7 Å². The average molecular weight is 522 g/mol. The van der Waals surface area contributed by atoms with Crippen LogP contribution in [0, 0.1) is 0 Å². The molecule has 8 nitrogen and oxygen atoms in total. The van der Waals surface area contributed by atoms with Crippen molar-refractivity contribution in [2.75, 3.05) is 5.32 Å². The number of alkyl halides is 2. The first-order valence-electron chi connectivity index (χ1n) is 11.1. The lowest BCUT2D eigenvalue weighted by atomic mass is 9.97. The number of amides is 3. The van der Waals surface area contributed by atoms with Crippen LogP contribution in [0.5, 0.6) is 0 Å². The summed E-state index contributed by atoms with van der Waals surface area (Å²) in [6.45, 7) is 4.67. The Morgan fingerprint density at radius 2 is 1.78 bits per heavy atom. The third-order valence-corrected chi connectivity index (χ3v) is 5.72. The monoisotopic (exact) mass is 521 g/mol. The van der Waals surface area contributed by atoms with E-state index in [0.29, 0.717) is 5.02 Å². The number of ether oxygens (including phenoxy) is 1. The molecular formula is C25H26ClF2N3O5. The Balaban J connectivity index is 1.83. The molecule has 1 heterocycles. The standard InChI is InChI=1S/C25H26ClF2N3O5/c1-24(2,3)36-20(32)12-11-19(21(29)33)31-13-17-16(22(31)34)5-4-6-18(17)25(27,28)23(35)30-15-9-7-14(26)8-10-15/h4-10,19H,11-13H2,1-3H3,(H2,29,33)(H,30,35)/t19-/m1/s1. The summed E-state index contributed by atoms with van der Waals surface area (Å²) in [5.41, 5.74) is 4.02. The summed E-state index contributed by atoms with van der Waals surface area (Å²) >= 11 is 5.78. The summed E-state index contributed by atoms with van der Waals surface area (Å²) in [6, 6.07) is 8.01. The fourth-order valence-corrected chi connectivity index (χ4v) is 3.99. The highest BCUT2D eigenvalue weighted by atomic mass is 35.5. The van der Waals surface area contributed by atoms with Crippen LogP contribution in [-0.4, -0.2) is 40.2 Å². The van der Waals surface area contributed by atoms with Crippen molar-refractivity contribution in [1.29, 1.82) is 0 Å². The van der Waals surface area contributed by atoms with Crippen molar-refractivity contribution in [2.45, 2.75) is 57.7 Å². The average Bonchev–Trinajstić information content (AvgIpc) is 3.10. The number of rotatable bonds is 8. The summed E-state index contributed by atoms with van der Waals surface area (Å²) in [7, 11) is 0. The molecule has 0 spiro atoms. The molecule has 0 aromatic heterocycles. The van der Waals surface area contributed by atoms with Gasteiger partial charge >= 0.3 is 11.9 Å². The van der Waals surface area contributed by atoms with E-state index in [-0.39, 0.29) is 36.2 Å². The first kappa shape index (κ1) is 27.1. The summed E-state index contributed by atoms with van der Waals surface area (Å²) in [6.07, 6.45) is -0.357. The van der Waals surface area contributed by atoms with Gasteiger partial charge in [-0.2, -0.15) is 8.78 Å². The van der Waals surface area contributed by atoms with Crippen molar-refractivity contribution in [3.63, 3.8) is 0 Å². The molecule has 0 saturated heterocycles. The zero-order valence-corrected chi connectivity index (χ0v) is 20.7. The van der Waals surface area contributed by atoms with E-state index in [9.17, 15) is 19.2 Å². The molecule has 3 rings (SSSR count). The van der Waals surface area contributed by atoms with E-state index in [1.807, 2.05) is 0 Å². The number of nitrogens with zero attached hydrogens (tertiary/aromatic N) is 1. The maximum Gasteiger partial charge on any atom is 0.350 e. The lowest BCUT2D eigenvalue weighted by Gasteiger charge is -2.26. The third kappa shape index (κ3) is 5.99. The Morgan fingerprint density at radius 3 is 2.36 bits per heavy atom. The first-order valence-corrected chi connectivity index (χ1v) is 11.5. The molecule has 0 saturated carbocycles. The van der Waals surface area contributed by atoms with Crippen LogP contribution < -0.4 is 11.1 Å². The number of primary amides is 1. The van der Waals surface area contributed by atoms with Gasteiger partial charge < -0.3 is 20.7 Å². The summed E-state index contributed by atoms with van der Waals surface area (Å²) in [4.78, 5) is 50.8. The highest BCUT2D eigenvalue weighted by molar-refractivity contribution is 6.30. The minimum Gasteiger partial charge on any atom is -0.460 e. The predicted octanol–water partition coefficient (Wildman–Crippen LogP) is 4.00. The Hall–Kier alpha value is -3.53. The van der Waals surface area contributed by atoms with Crippen molar-refractivity contribution in [1.82, 2.24) is 4.90 Å². The summed E-state index contributed by atoms with van der Waals surface area (Å²) in [5, 5.41) is 2.51. The molecule has 0 fully saturated rings. The minimum absolute atomic E-state index is 0.0741. The second kappa shape index (κ2) is 10.2. The fourth-order valence-electron chi connectivity index (χ4n) is 3.86. The lowest BCUT2D eigenvalue weighted by Crippen LogP contribution is -2.45. The van der Waals surface area contributed by atoms with Crippen LogP contribution >= 0.6 is 11.6 Å². The number of nitrogens with two attached hydrogens (primary N) is 1. The maximum absolute atomic E-state index is 15.3. The van der Waals surface area contributed by atoms with Gasteiger partial charge in [-0.3, -0.25) is 19.2 Å². The van der Waals surface area contributed by atoms with Gasteiger partial charge in [0.2, 0.25) is 5.91 Å². The third-order valence-electron chi connectivity index (χ3n) is 5.47. The van der Waals surface area contributed by atoms with Crippen LogP contribution in [0.25, 0.3) is 0 Å². The van der Waals surface area contributed by atoms with Crippen molar-refractivity contribution in [3.05, 3.63) is 64.2 Å². The van der Waals surface area contributed by atoms with Crippen LogP contribution in [0.2, 0.25) is 5.02 Å². The molecule has 1 aliphatic heterocycles. The molecule has 2 aromatic carbocycles. The molecule has 2 aromatic rings. The van der Waals surface area contributed by atoms with Crippen LogP contribution in [0.15, 0.2) is 42.5 Å². The molecule has 1 atom stereocenters. The molecule has 0 unspecified atom stereocenters. The number of hydrogen-bond acceptors (Lipinski definition) is 5. The van der Waals surface area contributed by atoms with Crippen molar-refractivity contribution >= 4 is 41.0 Å². The zero-order chi connectivity index (χ0) is 26.8. The van der Waals surface area contributed by atoms with Gasteiger partial charge in [0, 0.05) is 34.8 Å². The molecule has 3 N–H and O–H groups in total. The number of halogens is 3. The second-order valence-electron chi connectivity index (χ2n) is 9.34. The number of carbonyl (C=O) groups excluding carboxylic acids is 4. The number of benzene rings is 2. The molecule has 0 bridgehead atoms. The van der Waals surface area contributed by atoms with E-state index >= 15 is 8.78 Å². The highest BCUT2D eigenvalue weighted by Gasteiger charge is 2.46. The quantitative estimate of drug-likeness (QED) is 0.509. The number of nitrogens with one attached hydrogen (secondary N) is 1. The first-order chi connectivity index (χ1) is 16.7. The molecule has 0 aliphatic carbocycles. The SMILES string of the molecule is CC(C)(C)OC(=O)CC[C@H](C(N)=O)N1Cc2c(cccc2C(F)(F)C(=O)Nc2ccc(Cl)cc2)C1=O. The largest absolute Gasteiger partial charge is 0.460 e. The van der Waals surface area contributed by atoms with Gasteiger partial charge in [-0.1, -0.05) is 23.7 Å². The van der Waals surface area contributed by atoms with Crippen molar-refractivity contribution in [2.24, 2.45) is 5.73 Å². The number of fused-ring (bicyclic) bond motifs is 1. The van der Waals surface area contributed by atoms with Gasteiger partial charge in [0.15, 0.2) is 0 Å². The van der Waals surface area contributed by atoms with Gasteiger partial charge in [-0.25, -0.2) is 0 Å². The summed E-state index contributed by atoms with van der Waals surface area (Å²) < 4.78 is 35.8. The van der Waals surface area contributed by atoms with E-state index in [1.165, 1.54) is 36.4 Å². The molecule has 1 aliphatic rings. The van der Waals surface area contributed by atoms with Gasteiger partial charge in [-0.05, 0) is 63.1 Å². The van der Waals surface area contributed by atoms with Gasteiger partial charge in [0.05, 0.1) is 0 Å². The van der Waals surface area contributed by atoms with Crippen LogP contribution in [0.3, 0.4) is 0 Å². The number of hydrogen-bond donors (Lipinski definition) is 2. The number of carbonyl (C=O) groups is 4. The van der Waals surface area contributed by atoms with E-state index in [2.05, 4.69) is 5.32 Å². The van der Waals surface area contributed by atoms with Gasteiger partial charge in [0.25, 0.3) is 11.8 Å². The maximum atomic E-state index is 15.3. The Morgan fingerprint density at radius 1 is 1.14 bits per heavy atom. The molecule has 0 radical (unpaired) electrons. The Bertz CT molecular complexity index is 1200. The van der Waals surface area contributed by atoms with Gasteiger partial charge in [0.1, 0.15) is 11.6 Å². The van der Waals surface area contributed by atoms with E-state index in [1.54, 1.807) is 20.8 Å². The lowest BCUT2D eigenvalue weighted by molar-refractivity contribution is -0.155. The zero-order valence-electron chi connectivity index (χ0n) is 19.9. The van der Waals surface area contributed by atoms with Crippen molar-refractivity contribution in [3.8, 4) is 0 Å². The molecule has 192 valence electrons. The minimum atomic E-state index is -4.00. The van der Waals surface area contributed by atoms with E-state index in [0.717, 1.165) is 11.0 Å². The van der Waals surface area contributed by atoms with E-state index in [4.69, 9.17) is 22.1 Å². The topological polar surface area (TPSA) is 119 Å². The Labute approximate surface area is 211 Å². The normalized spacial score (nSPS) is 14.3. The number of anilines is 1.